The van der Waals surface area contributed by atoms with Crippen molar-refractivity contribution in [2.75, 3.05) is 12.3 Å². The fourth-order valence-electron chi connectivity index (χ4n) is 2.10. The maximum atomic E-state index is 11.7. The van der Waals surface area contributed by atoms with Crippen molar-refractivity contribution in [3.63, 3.8) is 0 Å². The number of amides is 1. The zero-order valence-corrected chi connectivity index (χ0v) is 10.4. The highest BCUT2D eigenvalue weighted by atomic mass is 32.1. The number of hydrogen-bond acceptors (Lipinski definition) is 4. The van der Waals surface area contributed by atoms with E-state index in [-0.39, 0.29) is 31.7 Å². The van der Waals surface area contributed by atoms with Gasteiger partial charge in [-0.05, 0) is 12.2 Å². The second kappa shape index (κ2) is 5.55. The van der Waals surface area contributed by atoms with Crippen LogP contribution < -0.4 is 0 Å². The van der Waals surface area contributed by atoms with Crippen molar-refractivity contribution in [1.29, 1.82) is 0 Å². The zero-order valence-electron chi connectivity index (χ0n) is 9.50. The fraction of sp³-hybridized carbons (Fsp3) is 0.636. The molecule has 17 heavy (non-hydrogen) atoms. The van der Waals surface area contributed by atoms with Crippen LogP contribution in [0.3, 0.4) is 0 Å². The van der Waals surface area contributed by atoms with Crippen LogP contribution in [0.1, 0.15) is 19.3 Å². The topological polar surface area (TPSA) is 77.8 Å². The Morgan fingerprint density at radius 3 is 2.71 bits per heavy atom. The summed E-state index contributed by atoms with van der Waals surface area (Å²) in [4.78, 5) is 24.0. The van der Waals surface area contributed by atoms with Gasteiger partial charge in [0.1, 0.15) is 6.04 Å². The van der Waals surface area contributed by atoms with Crippen LogP contribution >= 0.6 is 12.6 Å². The second-order valence-corrected chi connectivity index (χ2v) is 4.72. The van der Waals surface area contributed by atoms with E-state index in [1.54, 1.807) is 0 Å². The first-order chi connectivity index (χ1) is 7.93. The first-order valence-electron chi connectivity index (χ1n) is 5.40. The van der Waals surface area contributed by atoms with Gasteiger partial charge in [-0.1, -0.05) is 6.08 Å². The molecule has 1 fully saturated rings. The molecule has 2 N–H and O–H groups in total. The number of aliphatic hydroxyl groups is 1. The standard InChI is InChI=1S/C11H17NO4S/c1-2-4-11(16)6-8(10(14)15)12(7-11)9(13)3-5-17/h2,8,16-17H,1,3-7H2,(H,14,15)/t8-,11?/m0/s1. The summed E-state index contributed by atoms with van der Waals surface area (Å²) in [7, 11) is 0. The summed E-state index contributed by atoms with van der Waals surface area (Å²) < 4.78 is 0. The SMILES string of the molecule is C=CCC1(O)C[C@@H](C(=O)O)N(C(=O)CCS)C1. The van der Waals surface area contributed by atoms with Crippen LogP contribution in [0.2, 0.25) is 0 Å². The largest absolute Gasteiger partial charge is 0.480 e. The van der Waals surface area contributed by atoms with E-state index in [9.17, 15) is 14.7 Å². The average Bonchev–Trinajstić information content (AvgIpc) is 2.57. The van der Waals surface area contributed by atoms with Crippen molar-refractivity contribution in [3.8, 4) is 0 Å². The summed E-state index contributed by atoms with van der Waals surface area (Å²) in [6, 6.07) is -0.952. The van der Waals surface area contributed by atoms with Crippen molar-refractivity contribution in [3.05, 3.63) is 12.7 Å². The van der Waals surface area contributed by atoms with Crippen LogP contribution in [0.15, 0.2) is 12.7 Å². The highest BCUT2D eigenvalue weighted by Gasteiger charge is 2.46. The summed E-state index contributed by atoms with van der Waals surface area (Å²) in [6.45, 7) is 3.57. The lowest BCUT2D eigenvalue weighted by molar-refractivity contribution is -0.148. The molecule has 1 saturated heterocycles. The third-order valence-corrected chi connectivity index (χ3v) is 3.09. The van der Waals surface area contributed by atoms with Crippen molar-refractivity contribution in [2.24, 2.45) is 0 Å². The first kappa shape index (κ1) is 14.1. The minimum absolute atomic E-state index is 0.0442. The smallest absolute Gasteiger partial charge is 0.326 e. The molecule has 1 rings (SSSR count). The lowest BCUT2D eigenvalue weighted by atomic mass is 9.96. The van der Waals surface area contributed by atoms with Crippen molar-refractivity contribution in [2.45, 2.75) is 30.9 Å². The quantitative estimate of drug-likeness (QED) is 0.490. The third-order valence-electron chi connectivity index (χ3n) is 2.87. The lowest BCUT2D eigenvalue weighted by Gasteiger charge is -2.22. The third kappa shape index (κ3) is 3.23. The number of carbonyl (C=O) groups excluding carboxylic acids is 1. The molecule has 5 nitrogen and oxygen atoms in total. The van der Waals surface area contributed by atoms with E-state index in [0.717, 1.165) is 0 Å². The Morgan fingerprint density at radius 1 is 1.59 bits per heavy atom. The van der Waals surface area contributed by atoms with Gasteiger partial charge in [-0.25, -0.2) is 4.79 Å². The van der Waals surface area contributed by atoms with Crippen LogP contribution in [0.4, 0.5) is 0 Å². The normalized spacial score (nSPS) is 28.1. The Kier molecular flexibility index (Phi) is 4.59. The van der Waals surface area contributed by atoms with E-state index >= 15 is 0 Å². The van der Waals surface area contributed by atoms with Gasteiger partial charge in [0.05, 0.1) is 12.1 Å². The van der Waals surface area contributed by atoms with Gasteiger partial charge in [0.15, 0.2) is 0 Å². The number of likely N-dealkylation sites (tertiary alicyclic amines) is 1. The molecular formula is C11H17NO4S. The molecule has 0 spiro atoms. The maximum absolute atomic E-state index is 11.7. The highest BCUT2D eigenvalue weighted by Crippen LogP contribution is 2.31. The van der Waals surface area contributed by atoms with Crippen LogP contribution in [-0.4, -0.2) is 50.9 Å². The molecule has 0 saturated carbocycles. The maximum Gasteiger partial charge on any atom is 0.326 e. The Bertz CT molecular complexity index is 333. The number of β-amino-alcohol motifs (C(OH)–C–C–N with tert-alkyl or cyclic N) is 1. The molecule has 1 amide bonds. The summed E-state index contributed by atoms with van der Waals surface area (Å²) in [5, 5.41) is 19.2. The molecule has 0 aromatic rings. The number of hydrogen-bond donors (Lipinski definition) is 3. The molecule has 6 heteroatoms. The van der Waals surface area contributed by atoms with Crippen molar-refractivity contribution >= 4 is 24.5 Å². The molecule has 1 aliphatic heterocycles. The van der Waals surface area contributed by atoms with E-state index in [2.05, 4.69) is 19.2 Å². The monoisotopic (exact) mass is 259 g/mol. The van der Waals surface area contributed by atoms with Gasteiger partial charge < -0.3 is 15.1 Å². The van der Waals surface area contributed by atoms with Gasteiger partial charge in [-0.2, -0.15) is 12.6 Å². The minimum Gasteiger partial charge on any atom is -0.480 e. The van der Waals surface area contributed by atoms with Crippen LogP contribution in [-0.2, 0) is 9.59 Å². The Balaban J connectivity index is 2.84. The van der Waals surface area contributed by atoms with Crippen LogP contribution in [0.25, 0.3) is 0 Å². The van der Waals surface area contributed by atoms with E-state index in [4.69, 9.17) is 5.11 Å². The van der Waals surface area contributed by atoms with Crippen molar-refractivity contribution < 1.29 is 19.8 Å². The molecular weight excluding hydrogens is 242 g/mol. The average molecular weight is 259 g/mol. The van der Waals surface area contributed by atoms with E-state index < -0.39 is 17.6 Å². The minimum atomic E-state index is -1.17. The van der Waals surface area contributed by atoms with E-state index in [1.807, 2.05) is 0 Å². The molecule has 1 heterocycles. The van der Waals surface area contributed by atoms with E-state index in [1.165, 1.54) is 11.0 Å². The molecule has 0 bridgehead atoms. The molecule has 0 aromatic carbocycles. The second-order valence-electron chi connectivity index (χ2n) is 4.27. The number of carboxylic acids is 1. The van der Waals surface area contributed by atoms with Crippen LogP contribution in [0.5, 0.6) is 0 Å². The van der Waals surface area contributed by atoms with Gasteiger partial charge in [0, 0.05) is 12.8 Å². The summed E-state index contributed by atoms with van der Waals surface area (Å²) >= 11 is 3.94. The van der Waals surface area contributed by atoms with Gasteiger partial charge >= 0.3 is 5.97 Å². The molecule has 0 aromatic heterocycles. The number of carbonyl (C=O) groups is 2. The summed E-state index contributed by atoms with van der Waals surface area (Å²) in [5.74, 6) is -1.01. The number of carboxylic acid groups (broad SMARTS) is 1. The molecule has 2 atom stereocenters. The number of nitrogens with zero attached hydrogens (tertiary/aromatic N) is 1. The molecule has 0 radical (unpaired) electrons. The number of aliphatic carboxylic acids is 1. The number of rotatable bonds is 5. The predicted octanol–water partition coefficient (Wildman–Crippen LogP) is 0.299. The predicted molar refractivity (Wildman–Crippen MR) is 66.0 cm³/mol. The van der Waals surface area contributed by atoms with Gasteiger partial charge in [0.2, 0.25) is 5.91 Å². The van der Waals surface area contributed by atoms with Crippen molar-refractivity contribution in [1.82, 2.24) is 4.90 Å². The number of thiol groups is 1. The fourth-order valence-corrected chi connectivity index (χ4v) is 2.29. The zero-order chi connectivity index (χ0) is 13.1. The molecule has 96 valence electrons. The van der Waals surface area contributed by atoms with Gasteiger partial charge in [-0.3, -0.25) is 4.79 Å². The lowest BCUT2D eigenvalue weighted by Crippen LogP contribution is -2.41. The molecule has 1 unspecified atom stereocenters. The highest BCUT2D eigenvalue weighted by molar-refractivity contribution is 7.80. The summed E-state index contributed by atoms with van der Waals surface area (Å²) in [5.41, 5.74) is -1.17. The summed E-state index contributed by atoms with van der Waals surface area (Å²) in [6.07, 6.45) is 2.04. The Hall–Kier alpha value is -1.01. The van der Waals surface area contributed by atoms with E-state index in [0.29, 0.717) is 5.75 Å². The van der Waals surface area contributed by atoms with Crippen LogP contribution in [0, 0.1) is 0 Å². The van der Waals surface area contributed by atoms with Gasteiger partial charge in [0.25, 0.3) is 0 Å². The Labute approximate surface area is 106 Å². The Morgan fingerprint density at radius 2 is 2.24 bits per heavy atom. The first-order valence-corrected chi connectivity index (χ1v) is 6.03. The molecule has 1 aliphatic rings. The molecule has 0 aliphatic carbocycles. The van der Waals surface area contributed by atoms with Gasteiger partial charge in [-0.15, -0.1) is 6.58 Å².